The molecule has 0 fully saturated rings. The van der Waals surface area contributed by atoms with E-state index < -0.39 is 15.6 Å². The third-order valence-electron chi connectivity index (χ3n) is 7.97. The average Bonchev–Trinajstić information content (AvgIpc) is 3.00. The van der Waals surface area contributed by atoms with E-state index in [1.54, 1.807) is 7.14 Å². The number of unbranched alkanes of at least 4 members (excludes halogenated alkanes) is 18. The number of hydrogen-bond donors (Lipinski definition) is 0. The van der Waals surface area contributed by atoms with Gasteiger partial charge in [-0.15, -0.1) is 0 Å². The molecule has 0 saturated carbocycles. The molecule has 45 heavy (non-hydrogen) atoms. The van der Waals surface area contributed by atoms with Crippen molar-refractivity contribution in [2.45, 2.75) is 161 Å². The Hall–Kier alpha value is -1.13. The average molecular weight is 767 g/mol. The fourth-order valence-electron chi connectivity index (χ4n) is 5.19. The predicted molar refractivity (Wildman–Crippen MR) is 177 cm³/mol. The van der Waals surface area contributed by atoms with Crippen LogP contribution in [-0.4, -0.2) is 18.5 Å². The first-order chi connectivity index (χ1) is 21.6. The quantitative estimate of drug-likeness (QED) is 0.0465. The van der Waals surface area contributed by atoms with Crippen LogP contribution in [-0.2, 0) is 23.0 Å². The topological polar surface area (TPSA) is 57.2 Å². The van der Waals surface area contributed by atoms with Crippen LogP contribution in [0.25, 0.3) is 0 Å². The number of halogens is 4. The summed E-state index contributed by atoms with van der Waals surface area (Å²) in [4.78, 5) is 0. The number of benzene rings is 2. The van der Waals surface area contributed by atoms with Gasteiger partial charge in [-0.05, 0) is 61.1 Å². The Morgan fingerprint density at radius 2 is 0.756 bits per heavy atom. The van der Waals surface area contributed by atoms with Gasteiger partial charge in [-0.2, -0.15) is 13.2 Å². The van der Waals surface area contributed by atoms with E-state index in [1.807, 2.05) is 0 Å². The molecular formula is C37H58F3IO3S. The zero-order valence-electron chi connectivity index (χ0n) is 27.8. The molecule has 2 rings (SSSR count). The summed E-state index contributed by atoms with van der Waals surface area (Å²) in [5.74, 6) is 0. The molecule has 0 unspecified atom stereocenters. The zero-order valence-corrected chi connectivity index (χ0v) is 30.8. The molecule has 0 radical (unpaired) electrons. The minimum absolute atomic E-state index is 0.0574. The van der Waals surface area contributed by atoms with Crippen LogP contribution in [0.15, 0.2) is 48.5 Å². The molecule has 0 aromatic heterocycles. The highest BCUT2D eigenvalue weighted by atomic mass is 127. The molecule has 0 aliphatic carbocycles. The second-order valence-electron chi connectivity index (χ2n) is 12.1. The van der Waals surface area contributed by atoms with Crippen LogP contribution in [0, 0.1) is 7.14 Å². The lowest BCUT2D eigenvalue weighted by Crippen LogP contribution is -3.61. The molecule has 0 heterocycles. The fourth-order valence-corrected chi connectivity index (χ4v) is 7.34. The Morgan fingerprint density at radius 3 is 1.00 bits per heavy atom. The molecule has 2 aromatic carbocycles. The third-order valence-corrected chi connectivity index (χ3v) is 11.2. The SMILES string of the molecule is CCCCCCCCCCCCc1ccc([I+]c2ccc(CCCCCCCCCCCC)cc2)cc1.O=S(=O)([O-])C(F)(F)F. The monoisotopic (exact) mass is 766 g/mol. The van der Waals surface area contributed by atoms with Crippen molar-refractivity contribution in [1.82, 2.24) is 0 Å². The van der Waals surface area contributed by atoms with Gasteiger partial charge in [0.1, 0.15) is 0 Å². The number of alkyl halides is 3. The molecule has 0 saturated heterocycles. The molecule has 2 aromatic rings. The zero-order chi connectivity index (χ0) is 33.2. The van der Waals surface area contributed by atoms with Gasteiger partial charge in [0, 0.05) is 0 Å². The molecule has 0 atom stereocenters. The van der Waals surface area contributed by atoms with Crippen LogP contribution < -0.4 is 21.2 Å². The van der Waals surface area contributed by atoms with Gasteiger partial charge in [0.2, 0.25) is 0 Å². The summed E-state index contributed by atoms with van der Waals surface area (Å²) in [6.07, 6.45) is 30.9. The maximum absolute atomic E-state index is 10.7. The highest BCUT2D eigenvalue weighted by Crippen LogP contribution is 2.20. The van der Waals surface area contributed by atoms with Crippen LogP contribution in [0.2, 0.25) is 0 Å². The van der Waals surface area contributed by atoms with E-state index >= 15 is 0 Å². The van der Waals surface area contributed by atoms with Gasteiger partial charge < -0.3 is 4.55 Å². The van der Waals surface area contributed by atoms with Crippen LogP contribution in [0.3, 0.4) is 0 Å². The Kier molecular flexibility index (Phi) is 24.1. The molecule has 258 valence electrons. The Morgan fingerprint density at radius 1 is 0.511 bits per heavy atom. The second kappa shape index (κ2) is 25.9. The summed E-state index contributed by atoms with van der Waals surface area (Å²) in [5, 5.41) is 0. The Balaban J connectivity index is 0.00000111. The molecule has 0 aliphatic heterocycles. The van der Waals surface area contributed by atoms with Gasteiger partial charge >= 0.3 is 26.7 Å². The molecule has 0 aliphatic rings. The maximum Gasteiger partial charge on any atom is 0.485 e. The van der Waals surface area contributed by atoms with Crippen molar-refractivity contribution in [3.8, 4) is 0 Å². The molecule has 0 bridgehead atoms. The lowest BCUT2D eigenvalue weighted by Gasteiger charge is -2.08. The van der Waals surface area contributed by atoms with Crippen molar-refractivity contribution < 1.29 is 47.3 Å². The molecule has 0 amide bonds. The van der Waals surface area contributed by atoms with Gasteiger partial charge in [-0.25, -0.2) is 8.42 Å². The fraction of sp³-hybridized carbons (Fsp3) is 0.676. The van der Waals surface area contributed by atoms with Crippen LogP contribution in [0.1, 0.15) is 153 Å². The van der Waals surface area contributed by atoms with E-state index in [-0.39, 0.29) is 21.2 Å². The smallest absolute Gasteiger partial charge is 0.485 e. The van der Waals surface area contributed by atoms with Gasteiger partial charge in [0.25, 0.3) is 0 Å². The van der Waals surface area contributed by atoms with Crippen molar-refractivity contribution in [3.63, 3.8) is 0 Å². The minimum atomic E-state index is -6.09. The molecule has 0 N–H and O–H groups in total. The van der Waals surface area contributed by atoms with Gasteiger partial charge in [-0.3, -0.25) is 0 Å². The molecule has 8 heteroatoms. The van der Waals surface area contributed by atoms with E-state index in [4.69, 9.17) is 13.0 Å². The highest BCUT2D eigenvalue weighted by Gasteiger charge is 2.36. The number of aryl methyl sites for hydroxylation is 2. The first-order valence-corrected chi connectivity index (χ1v) is 21.0. The summed E-state index contributed by atoms with van der Waals surface area (Å²) in [5.41, 5.74) is -2.59. The second-order valence-corrected chi connectivity index (χ2v) is 16.5. The summed E-state index contributed by atoms with van der Waals surface area (Å²) in [6, 6.07) is 19.2. The molecule has 3 nitrogen and oxygen atoms in total. The Labute approximate surface area is 283 Å². The normalized spacial score (nSPS) is 11.8. The molecule has 0 spiro atoms. The van der Waals surface area contributed by atoms with Crippen molar-refractivity contribution >= 4 is 10.1 Å². The standard InChI is InChI=1S/C36H58I.CHF3O3S/c1-3-5-7-9-11-13-15-17-19-21-23-33-25-29-35(30-26-33)37-36-31-27-34(28-32-36)24-22-20-18-16-14-12-10-8-6-4-2;2-1(3,4)8(5,6)7/h25-32H,3-24H2,1-2H3;(H,5,6,7)/q+1;/p-1. The summed E-state index contributed by atoms with van der Waals surface area (Å²) in [6.45, 7) is 4.60. The van der Waals surface area contributed by atoms with E-state index in [2.05, 4.69) is 62.4 Å². The van der Waals surface area contributed by atoms with Crippen molar-refractivity contribution in [2.75, 3.05) is 0 Å². The first kappa shape index (κ1) is 41.9. The maximum atomic E-state index is 10.7. The number of rotatable bonds is 24. The number of hydrogen-bond acceptors (Lipinski definition) is 3. The van der Waals surface area contributed by atoms with Crippen LogP contribution in [0.4, 0.5) is 13.2 Å². The van der Waals surface area contributed by atoms with Crippen molar-refractivity contribution in [2.24, 2.45) is 0 Å². The van der Waals surface area contributed by atoms with Crippen LogP contribution >= 0.6 is 0 Å². The molecular weight excluding hydrogens is 708 g/mol. The first-order valence-electron chi connectivity index (χ1n) is 17.4. The summed E-state index contributed by atoms with van der Waals surface area (Å²) >= 11 is -0.0574. The van der Waals surface area contributed by atoms with E-state index in [0.29, 0.717) is 0 Å². The summed E-state index contributed by atoms with van der Waals surface area (Å²) < 4.78 is 62.0. The van der Waals surface area contributed by atoms with Gasteiger partial charge in [0.15, 0.2) is 17.3 Å². The summed E-state index contributed by atoms with van der Waals surface area (Å²) in [7, 11) is -6.09. The van der Waals surface area contributed by atoms with Gasteiger partial charge in [0.05, 0.1) is 0 Å². The van der Waals surface area contributed by atoms with Crippen LogP contribution in [0.5, 0.6) is 0 Å². The largest absolute Gasteiger partial charge is 0.741 e. The van der Waals surface area contributed by atoms with E-state index in [1.165, 1.54) is 152 Å². The lowest BCUT2D eigenvalue weighted by atomic mass is 10.0. The third kappa shape index (κ3) is 22.9. The highest BCUT2D eigenvalue weighted by molar-refractivity contribution is 7.86. The lowest BCUT2D eigenvalue weighted by molar-refractivity contribution is -0.597. The predicted octanol–water partition coefficient (Wildman–Crippen LogP) is 8.79. The van der Waals surface area contributed by atoms with Crippen molar-refractivity contribution in [3.05, 3.63) is 66.8 Å². The van der Waals surface area contributed by atoms with E-state index in [9.17, 15) is 13.2 Å². The minimum Gasteiger partial charge on any atom is -0.741 e. The van der Waals surface area contributed by atoms with Gasteiger partial charge in [-0.1, -0.05) is 154 Å². The van der Waals surface area contributed by atoms with E-state index in [0.717, 1.165) is 0 Å². The Bertz CT molecular complexity index is 1010. The van der Waals surface area contributed by atoms with Crippen molar-refractivity contribution in [1.29, 1.82) is 0 Å².